The van der Waals surface area contributed by atoms with Gasteiger partial charge < -0.3 is 15.8 Å². The van der Waals surface area contributed by atoms with Crippen molar-refractivity contribution in [1.82, 2.24) is 5.32 Å². The maximum absolute atomic E-state index is 12.0. The lowest BCUT2D eigenvalue weighted by Gasteiger charge is -2.17. The lowest BCUT2D eigenvalue weighted by molar-refractivity contribution is -0.132. The summed E-state index contributed by atoms with van der Waals surface area (Å²) >= 11 is 1.72. The number of carbonyl (C=O) groups is 1. The fraction of sp³-hybridized carbons (Fsp3) is 0.615. The molecule has 0 spiro atoms. The summed E-state index contributed by atoms with van der Waals surface area (Å²) in [7, 11) is 0. The van der Waals surface area contributed by atoms with Crippen molar-refractivity contribution >= 4 is 29.7 Å². The van der Waals surface area contributed by atoms with Crippen LogP contribution < -0.4 is 11.1 Å². The standard InChI is InChI=1S/C13H20N2O2S.ClH/c1-9(7-11-3-2-6-18-11)15-13(16)12-5-4-10(8-14)17-12;/h2-3,6,9-10,12H,4-5,7-8,14H2,1H3,(H,15,16);1H/t9?,10-,12+;/m1./s1. The molecule has 0 saturated carbocycles. The van der Waals surface area contributed by atoms with Crippen LogP contribution in [0, 0.1) is 0 Å². The number of ether oxygens (including phenoxy) is 1. The molecule has 6 heteroatoms. The Kier molecular flexibility index (Phi) is 6.79. The smallest absolute Gasteiger partial charge is 0.249 e. The van der Waals surface area contributed by atoms with Crippen LogP contribution in [0.5, 0.6) is 0 Å². The topological polar surface area (TPSA) is 64.4 Å². The fourth-order valence-corrected chi connectivity index (χ4v) is 3.02. The zero-order valence-electron chi connectivity index (χ0n) is 11.0. The second-order valence-electron chi connectivity index (χ2n) is 4.75. The Morgan fingerprint density at radius 2 is 2.42 bits per heavy atom. The molecule has 2 heterocycles. The van der Waals surface area contributed by atoms with Gasteiger partial charge in [-0.2, -0.15) is 0 Å². The average molecular weight is 305 g/mol. The monoisotopic (exact) mass is 304 g/mol. The average Bonchev–Trinajstić information content (AvgIpc) is 2.98. The van der Waals surface area contributed by atoms with Gasteiger partial charge >= 0.3 is 0 Å². The zero-order valence-corrected chi connectivity index (χ0v) is 12.6. The Labute approximate surface area is 124 Å². The first-order valence-electron chi connectivity index (χ1n) is 6.37. The number of rotatable bonds is 5. The minimum absolute atomic E-state index is 0. The van der Waals surface area contributed by atoms with E-state index in [-0.39, 0.29) is 36.6 Å². The summed E-state index contributed by atoms with van der Waals surface area (Å²) in [6.07, 6.45) is 2.27. The summed E-state index contributed by atoms with van der Waals surface area (Å²) in [5.41, 5.74) is 5.53. The Morgan fingerprint density at radius 3 is 3.00 bits per heavy atom. The lowest BCUT2D eigenvalue weighted by atomic mass is 10.1. The number of carbonyl (C=O) groups excluding carboxylic acids is 1. The highest BCUT2D eigenvalue weighted by molar-refractivity contribution is 7.09. The molecule has 1 aromatic heterocycles. The predicted octanol–water partition coefficient (Wildman–Crippen LogP) is 1.72. The second-order valence-corrected chi connectivity index (χ2v) is 5.79. The van der Waals surface area contributed by atoms with Crippen molar-refractivity contribution < 1.29 is 9.53 Å². The molecule has 1 aliphatic heterocycles. The van der Waals surface area contributed by atoms with E-state index in [1.165, 1.54) is 4.88 Å². The van der Waals surface area contributed by atoms with Crippen molar-refractivity contribution in [2.75, 3.05) is 6.54 Å². The van der Waals surface area contributed by atoms with Gasteiger partial charge in [0, 0.05) is 23.9 Å². The van der Waals surface area contributed by atoms with Crippen LogP contribution in [0.3, 0.4) is 0 Å². The Hall–Kier alpha value is -0.620. The molecule has 0 radical (unpaired) electrons. The minimum Gasteiger partial charge on any atom is -0.364 e. The van der Waals surface area contributed by atoms with Crippen molar-refractivity contribution in [3.05, 3.63) is 22.4 Å². The van der Waals surface area contributed by atoms with E-state index >= 15 is 0 Å². The van der Waals surface area contributed by atoms with E-state index in [9.17, 15) is 4.79 Å². The van der Waals surface area contributed by atoms with Gasteiger partial charge in [-0.05, 0) is 31.2 Å². The van der Waals surface area contributed by atoms with E-state index in [2.05, 4.69) is 16.8 Å². The molecule has 4 nitrogen and oxygen atoms in total. The highest BCUT2D eigenvalue weighted by atomic mass is 35.5. The van der Waals surface area contributed by atoms with Gasteiger partial charge in [-0.25, -0.2) is 0 Å². The number of nitrogens with one attached hydrogen (secondary N) is 1. The van der Waals surface area contributed by atoms with Crippen LogP contribution in [0.4, 0.5) is 0 Å². The van der Waals surface area contributed by atoms with Crippen LogP contribution in [0.2, 0.25) is 0 Å². The third kappa shape index (κ3) is 4.76. The van der Waals surface area contributed by atoms with Crippen LogP contribution >= 0.6 is 23.7 Å². The zero-order chi connectivity index (χ0) is 13.0. The van der Waals surface area contributed by atoms with Gasteiger partial charge in [0.1, 0.15) is 6.10 Å². The molecule has 1 amide bonds. The maximum Gasteiger partial charge on any atom is 0.249 e. The molecule has 0 aromatic carbocycles. The van der Waals surface area contributed by atoms with E-state index in [0.717, 1.165) is 19.3 Å². The SMILES string of the molecule is CC(Cc1cccs1)NC(=O)[C@@H]1CC[C@H](CN)O1.Cl. The second kappa shape index (κ2) is 7.85. The minimum atomic E-state index is -0.315. The van der Waals surface area contributed by atoms with Gasteiger partial charge in [-0.1, -0.05) is 6.07 Å². The fourth-order valence-electron chi connectivity index (χ4n) is 2.19. The first-order valence-corrected chi connectivity index (χ1v) is 7.25. The van der Waals surface area contributed by atoms with Crippen LogP contribution in [0.15, 0.2) is 17.5 Å². The summed E-state index contributed by atoms with van der Waals surface area (Å²) in [6, 6.07) is 4.25. The molecule has 1 saturated heterocycles. The van der Waals surface area contributed by atoms with Crippen molar-refractivity contribution in [2.45, 2.75) is 44.4 Å². The number of hydrogen-bond donors (Lipinski definition) is 2. The first kappa shape index (κ1) is 16.4. The number of halogens is 1. The number of nitrogens with two attached hydrogens (primary N) is 1. The van der Waals surface area contributed by atoms with Crippen molar-refractivity contribution in [3.63, 3.8) is 0 Å². The van der Waals surface area contributed by atoms with E-state index in [1.54, 1.807) is 11.3 Å². The van der Waals surface area contributed by atoms with E-state index in [4.69, 9.17) is 10.5 Å². The molecule has 0 aliphatic carbocycles. The number of amides is 1. The van der Waals surface area contributed by atoms with Crippen molar-refractivity contribution in [1.29, 1.82) is 0 Å². The van der Waals surface area contributed by atoms with E-state index in [0.29, 0.717) is 6.54 Å². The highest BCUT2D eigenvalue weighted by Crippen LogP contribution is 2.19. The molecular formula is C13H21ClN2O2S. The quantitative estimate of drug-likeness (QED) is 0.870. The summed E-state index contributed by atoms with van der Waals surface area (Å²) in [4.78, 5) is 13.3. The Morgan fingerprint density at radius 1 is 1.63 bits per heavy atom. The maximum atomic E-state index is 12.0. The van der Waals surface area contributed by atoms with Gasteiger partial charge in [-0.3, -0.25) is 4.79 Å². The molecule has 1 aliphatic rings. The lowest BCUT2D eigenvalue weighted by Crippen LogP contribution is -2.41. The molecule has 1 aromatic rings. The van der Waals surface area contributed by atoms with Crippen LogP contribution in [-0.2, 0) is 16.0 Å². The van der Waals surface area contributed by atoms with Gasteiger partial charge in [0.2, 0.25) is 5.91 Å². The molecular weight excluding hydrogens is 284 g/mol. The predicted molar refractivity (Wildman–Crippen MR) is 79.8 cm³/mol. The Balaban J connectivity index is 0.00000180. The molecule has 1 fully saturated rings. The third-order valence-corrected chi connectivity index (χ3v) is 4.04. The van der Waals surface area contributed by atoms with Crippen LogP contribution in [0.25, 0.3) is 0 Å². The van der Waals surface area contributed by atoms with Crippen molar-refractivity contribution in [3.8, 4) is 0 Å². The summed E-state index contributed by atoms with van der Waals surface area (Å²) in [5, 5.41) is 5.06. The Bertz CT molecular complexity index is 386. The molecule has 0 bridgehead atoms. The van der Waals surface area contributed by atoms with Gasteiger partial charge in [0.05, 0.1) is 6.10 Å². The van der Waals surface area contributed by atoms with E-state index in [1.807, 2.05) is 13.0 Å². The first-order chi connectivity index (χ1) is 8.69. The molecule has 2 rings (SSSR count). The normalized spacial score (nSPS) is 23.7. The molecule has 108 valence electrons. The molecule has 1 unspecified atom stereocenters. The third-order valence-electron chi connectivity index (χ3n) is 3.14. The summed E-state index contributed by atoms with van der Waals surface area (Å²) in [5.74, 6) is -0.00462. The number of thiophene rings is 1. The summed E-state index contributed by atoms with van der Waals surface area (Å²) in [6.45, 7) is 2.52. The molecule has 3 N–H and O–H groups in total. The van der Waals surface area contributed by atoms with Crippen LogP contribution in [0.1, 0.15) is 24.6 Å². The summed E-state index contributed by atoms with van der Waals surface area (Å²) < 4.78 is 5.57. The van der Waals surface area contributed by atoms with Crippen LogP contribution in [-0.4, -0.2) is 30.7 Å². The highest BCUT2D eigenvalue weighted by Gasteiger charge is 2.30. The molecule has 19 heavy (non-hydrogen) atoms. The van der Waals surface area contributed by atoms with Crippen molar-refractivity contribution in [2.24, 2.45) is 5.73 Å². The molecule has 3 atom stereocenters. The van der Waals surface area contributed by atoms with Gasteiger partial charge in [-0.15, -0.1) is 23.7 Å². The van der Waals surface area contributed by atoms with E-state index < -0.39 is 0 Å². The number of hydrogen-bond acceptors (Lipinski definition) is 4. The largest absolute Gasteiger partial charge is 0.364 e. The van der Waals surface area contributed by atoms with Gasteiger partial charge in [0.15, 0.2) is 0 Å². The van der Waals surface area contributed by atoms with Gasteiger partial charge in [0.25, 0.3) is 0 Å².